The zero-order valence-corrected chi connectivity index (χ0v) is 18.5. The molecule has 2 aliphatic carbocycles. The van der Waals surface area contributed by atoms with E-state index >= 15 is 0 Å². The summed E-state index contributed by atoms with van der Waals surface area (Å²) >= 11 is 0. The van der Waals surface area contributed by atoms with E-state index < -0.39 is 24.1 Å². The number of benzene rings is 1. The van der Waals surface area contributed by atoms with Gasteiger partial charge in [0.05, 0.1) is 5.69 Å². The molecule has 0 saturated heterocycles. The molecule has 1 amide bonds. The Balaban J connectivity index is 1.50. The summed E-state index contributed by atoms with van der Waals surface area (Å²) in [4.78, 5) is 17.5. The van der Waals surface area contributed by atoms with Gasteiger partial charge in [-0.3, -0.25) is 4.79 Å². The van der Waals surface area contributed by atoms with Gasteiger partial charge in [-0.05, 0) is 30.4 Å². The Bertz CT molecular complexity index is 1230. The molecule has 2 aromatic heterocycles. The Hall–Kier alpha value is -2.97. The molecular formula is C24H24F4N4O. The second-order valence-corrected chi connectivity index (χ2v) is 9.77. The number of aromatic nitrogens is 3. The van der Waals surface area contributed by atoms with Gasteiger partial charge in [0.2, 0.25) is 11.9 Å². The number of hydrogen-bond acceptors (Lipinski definition) is 3. The zero-order valence-electron chi connectivity index (χ0n) is 18.5. The maximum atomic E-state index is 13.9. The number of rotatable bonds is 4. The molecule has 33 heavy (non-hydrogen) atoms. The second kappa shape index (κ2) is 7.27. The molecule has 2 atom stereocenters. The van der Waals surface area contributed by atoms with Crippen LogP contribution in [0.4, 0.5) is 17.6 Å². The summed E-state index contributed by atoms with van der Waals surface area (Å²) in [7, 11) is 1.22. The van der Waals surface area contributed by atoms with E-state index in [1.54, 1.807) is 18.3 Å². The van der Waals surface area contributed by atoms with Gasteiger partial charge in [0.25, 0.3) is 0 Å². The fourth-order valence-corrected chi connectivity index (χ4v) is 5.15. The van der Waals surface area contributed by atoms with E-state index in [4.69, 9.17) is 0 Å². The third kappa shape index (κ3) is 3.67. The third-order valence-electron chi connectivity index (χ3n) is 6.84. The van der Waals surface area contributed by atoms with Gasteiger partial charge in [-0.15, -0.1) is 5.10 Å². The fraction of sp³-hybridized carbons (Fsp3) is 0.458. The Morgan fingerprint density at radius 2 is 1.88 bits per heavy atom. The van der Waals surface area contributed by atoms with Gasteiger partial charge in [0.1, 0.15) is 0 Å². The van der Waals surface area contributed by atoms with Crippen LogP contribution in [-0.4, -0.2) is 38.6 Å². The van der Waals surface area contributed by atoms with Crippen molar-refractivity contribution in [2.75, 3.05) is 7.05 Å². The van der Waals surface area contributed by atoms with E-state index in [1.807, 2.05) is 13.8 Å². The Morgan fingerprint density at radius 3 is 2.48 bits per heavy atom. The largest absolute Gasteiger partial charge is 0.413 e. The quantitative estimate of drug-likeness (QED) is 0.506. The molecule has 1 fully saturated rings. The second-order valence-electron chi connectivity index (χ2n) is 9.77. The smallest absolute Gasteiger partial charge is 0.330 e. The first kappa shape index (κ1) is 21.9. The molecule has 0 bridgehead atoms. The van der Waals surface area contributed by atoms with Crippen molar-refractivity contribution in [3.63, 3.8) is 0 Å². The highest BCUT2D eigenvalue weighted by atomic mass is 19.4. The van der Waals surface area contributed by atoms with Crippen molar-refractivity contribution in [2.24, 2.45) is 5.92 Å². The van der Waals surface area contributed by atoms with Gasteiger partial charge >= 0.3 is 6.18 Å². The monoisotopic (exact) mass is 460 g/mol. The van der Waals surface area contributed by atoms with Crippen molar-refractivity contribution in [2.45, 2.75) is 56.7 Å². The molecule has 174 valence electrons. The van der Waals surface area contributed by atoms with Gasteiger partial charge in [-0.2, -0.15) is 17.6 Å². The number of amides is 1. The maximum Gasteiger partial charge on any atom is 0.413 e. The molecule has 0 aliphatic heterocycles. The first-order valence-corrected chi connectivity index (χ1v) is 11.0. The predicted octanol–water partition coefficient (Wildman–Crippen LogP) is 5.15. The molecule has 2 aliphatic rings. The van der Waals surface area contributed by atoms with Crippen LogP contribution in [-0.2, 0) is 10.2 Å². The van der Waals surface area contributed by atoms with E-state index in [0.29, 0.717) is 24.9 Å². The SMILES string of the molecule is CN(C(=O)C1CC1)C(c1ccc(C2CC(C)(C)c3c2cnc2cc(F)nn32)cc1)C(F)(F)F. The summed E-state index contributed by atoms with van der Waals surface area (Å²) in [6.45, 7) is 4.08. The van der Waals surface area contributed by atoms with Crippen LogP contribution in [0.15, 0.2) is 36.5 Å². The number of carbonyl (C=O) groups is 1. The van der Waals surface area contributed by atoms with E-state index in [1.165, 1.54) is 29.8 Å². The van der Waals surface area contributed by atoms with Crippen LogP contribution in [0.2, 0.25) is 0 Å². The molecular weight excluding hydrogens is 436 g/mol. The van der Waals surface area contributed by atoms with Crippen LogP contribution in [0, 0.1) is 11.9 Å². The predicted molar refractivity (Wildman–Crippen MR) is 113 cm³/mol. The molecule has 2 heterocycles. The molecule has 1 aromatic carbocycles. The van der Waals surface area contributed by atoms with Crippen LogP contribution >= 0.6 is 0 Å². The van der Waals surface area contributed by atoms with Gasteiger partial charge in [-0.25, -0.2) is 9.50 Å². The van der Waals surface area contributed by atoms with Crippen LogP contribution < -0.4 is 0 Å². The standard InChI is InChI=1S/C24H24F4N4O/c1-23(2)11-16(17-12-29-19-10-18(25)30-32(19)21(17)23)13-4-6-14(7-5-13)20(24(26,27)28)31(3)22(33)15-8-9-15/h4-7,10,12,15-16,20H,8-9,11H2,1-3H3. The number of carbonyl (C=O) groups excluding carboxylic acids is 1. The van der Waals surface area contributed by atoms with E-state index in [9.17, 15) is 22.4 Å². The highest BCUT2D eigenvalue weighted by molar-refractivity contribution is 5.81. The molecule has 0 N–H and O–H groups in total. The molecule has 0 radical (unpaired) electrons. The lowest BCUT2D eigenvalue weighted by molar-refractivity contribution is -0.189. The van der Waals surface area contributed by atoms with E-state index in [0.717, 1.165) is 21.7 Å². The van der Waals surface area contributed by atoms with Crippen molar-refractivity contribution in [3.8, 4) is 0 Å². The topological polar surface area (TPSA) is 50.5 Å². The van der Waals surface area contributed by atoms with E-state index in [2.05, 4.69) is 10.1 Å². The molecule has 5 nitrogen and oxygen atoms in total. The first-order valence-electron chi connectivity index (χ1n) is 11.0. The lowest BCUT2D eigenvalue weighted by Gasteiger charge is -2.30. The molecule has 2 unspecified atom stereocenters. The minimum absolute atomic E-state index is 0.0305. The lowest BCUT2D eigenvalue weighted by Crippen LogP contribution is -2.40. The van der Waals surface area contributed by atoms with Crippen LogP contribution in [0.1, 0.15) is 67.5 Å². The number of fused-ring (bicyclic) bond motifs is 3. The molecule has 1 saturated carbocycles. The molecule has 5 rings (SSSR count). The number of nitrogens with zero attached hydrogens (tertiary/aromatic N) is 4. The number of halogens is 4. The first-order chi connectivity index (χ1) is 15.5. The number of hydrogen-bond donors (Lipinski definition) is 0. The maximum absolute atomic E-state index is 13.9. The van der Waals surface area contributed by atoms with Crippen LogP contribution in [0.25, 0.3) is 5.65 Å². The van der Waals surface area contributed by atoms with Crippen molar-refractivity contribution in [1.82, 2.24) is 19.5 Å². The zero-order chi connectivity index (χ0) is 23.7. The van der Waals surface area contributed by atoms with Gasteiger partial charge < -0.3 is 4.90 Å². The molecule has 0 spiro atoms. The minimum Gasteiger partial charge on any atom is -0.330 e. The van der Waals surface area contributed by atoms with Gasteiger partial charge in [0.15, 0.2) is 11.7 Å². The minimum atomic E-state index is -4.58. The summed E-state index contributed by atoms with van der Waals surface area (Å²) in [6, 6.07) is 5.57. The fourth-order valence-electron chi connectivity index (χ4n) is 5.15. The van der Waals surface area contributed by atoms with Crippen molar-refractivity contribution >= 4 is 11.6 Å². The van der Waals surface area contributed by atoms with Crippen LogP contribution in [0.3, 0.4) is 0 Å². The summed E-state index contributed by atoms with van der Waals surface area (Å²) in [5, 5.41) is 3.95. The summed E-state index contributed by atoms with van der Waals surface area (Å²) in [6.07, 6.45) is -0.898. The summed E-state index contributed by atoms with van der Waals surface area (Å²) in [5.74, 6) is -1.48. The van der Waals surface area contributed by atoms with Crippen molar-refractivity contribution < 1.29 is 22.4 Å². The van der Waals surface area contributed by atoms with Crippen molar-refractivity contribution in [1.29, 1.82) is 0 Å². The highest BCUT2D eigenvalue weighted by Crippen LogP contribution is 2.49. The van der Waals surface area contributed by atoms with E-state index in [-0.39, 0.29) is 22.8 Å². The average Bonchev–Trinajstić information content (AvgIpc) is 3.45. The summed E-state index contributed by atoms with van der Waals surface area (Å²) < 4.78 is 57.0. The van der Waals surface area contributed by atoms with Gasteiger partial charge in [-0.1, -0.05) is 38.1 Å². The normalized spacial score (nSPS) is 20.6. The molecule has 3 aromatic rings. The van der Waals surface area contributed by atoms with Crippen LogP contribution in [0.5, 0.6) is 0 Å². The summed E-state index contributed by atoms with van der Waals surface area (Å²) in [5.41, 5.74) is 2.71. The lowest BCUT2D eigenvalue weighted by atomic mass is 9.86. The molecule has 9 heteroatoms. The highest BCUT2D eigenvalue weighted by Gasteiger charge is 2.48. The van der Waals surface area contributed by atoms with Gasteiger partial charge in [0, 0.05) is 42.1 Å². The Morgan fingerprint density at radius 1 is 1.21 bits per heavy atom. The third-order valence-corrected chi connectivity index (χ3v) is 6.84. The Labute approximate surface area is 188 Å². The number of alkyl halides is 3. The Kier molecular flexibility index (Phi) is 4.81. The van der Waals surface area contributed by atoms with Crippen molar-refractivity contribution in [3.05, 3.63) is 64.9 Å². The average molecular weight is 460 g/mol.